The molecule has 164 valence electrons. The van der Waals surface area contributed by atoms with Crippen molar-refractivity contribution in [3.05, 3.63) is 83.4 Å². The number of guanidine groups is 1. The molecule has 1 aromatic heterocycles. The topological polar surface area (TPSA) is 48.7 Å². The highest BCUT2D eigenvalue weighted by Gasteiger charge is 2.20. The SMILES string of the molecule is CN=C(NCc1cccc(Cn2ccnc2)c1)N1CCN(c2ccccc2Cl)CC1.I. The lowest BCUT2D eigenvalue weighted by atomic mass is 10.1. The molecule has 0 bridgehead atoms. The molecular formula is C23H28ClIN6. The van der Waals surface area contributed by atoms with Crippen LogP contribution in [0.1, 0.15) is 11.1 Å². The summed E-state index contributed by atoms with van der Waals surface area (Å²) in [7, 11) is 1.85. The molecular weight excluding hydrogens is 523 g/mol. The molecule has 4 rings (SSSR count). The summed E-state index contributed by atoms with van der Waals surface area (Å²) in [4.78, 5) is 13.3. The number of aliphatic imine (C=N–C) groups is 1. The molecule has 1 fully saturated rings. The second kappa shape index (κ2) is 11.4. The standard InChI is InChI=1S/C23H27ClN6.HI/c1-25-23(30-13-11-29(12-14-30)22-8-3-2-7-21(22)24)27-16-19-5-4-6-20(15-19)17-28-10-9-26-18-28;/h2-10,15,18H,11-14,16-17H2,1H3,(H,25,27);1H. The lowest BCUT2D eigenvalue weighted by molar-refractivity contribution is 0.372. The summed E-state index contributed by atoms with van der Waals surface area (Å²) in [6.07, 6.45) is 5.63. The predicted molar refractivity (Wildman–Crippen MR) is 139 cm³/mol. The molecule has 2 aromatic carbocycles. The van der Waals surface area contributed by atoms with Crippen molar-refractivity contribution in [1.29, 1.82) is 0 Å². The molecule has 6 nitrogen and oxygen atoms in total. The number of aromatic nitrogens is 2. The molecule has 1 N–H and O–H groups in total. The van der Waals surface area contributed by atoms with Crippen molar-refractivity contribution >= 4 is 47.2 Å². The molecule has 1 aliphatic heterocycles. The summed E-state index contributed by atoms with van der Waals surface area (Å²) in [6, 6.07) is 16.7. The van der Waals surface area contributed by atoms with Crippen LogP contribution >= 0.6 is 35.6 Å². The van der Waals surface area contributed by atoms with Crippen molar-refractivity contribution < 1.29 is 0 Å². The number of nitrogens with zero attached hydrogens (tertiary/aromatic N) is 5. The van der Waals surface area contributed by atoms with E-state index in [9.17, 15) is 0 Å². The molecule has 0 radical (unpaired) electrons. The van der Waals surface area contributed by atoms with Gasteiger partial charge in [-0.25, -0.2) is 4.98 Å². The summed E-state index contributed by atoms with van der Waals surface area (Å²) in [5, 5.41) is 4.33. The Hall–Kier alpha value is -2.26. The van der Waals surface area contributed by atoms with Gasteiger partial charge >= 0.3 is 0 Å². The van der Waals surface area contributed by atoms with Crippen LogP contribution in [0, 0.1) is 0 Å². The number of hydrogen-bond donors (Lipinski definition) is 1. The summed E-state index contributed by atoms with van der Waals surface area (Å²) >= 11 is 6.36. The van der Waals surface area contributed by atoms with E-state index in [0.29, 0.717) is 0 Å². The van der Waals surface area contributed by atoms with Gasteiger partial charge in [0.05, 0.1) is 17.0 Å². The summed E-state index contributed by atoms with van der Waals surface area (Å²) in [5.41, 5.74) is 3.61. The number of hydrogen-bond acceptors (Lipinski definition) is 3. The number of imidazole rings is 1. The average Bonchev–Trinajstić information content (AvgIpc) is 3.28. The van der Waals surface area contributed by atoms with E-state index in [1.807, 2.05) is 37.8 Å². The van der Waals surface area contributed by atoms with E-state index >= 15 is 0 Å². The molecule has 0 aliphatic carbocycles. The maximum Gasteiger partial charge on any atom is 0.194 e. The lowest BCUT2D eigenvalue weighted by Crippen LogP contribution is -2.52. The number of piperazine rings is 1. The van der Waals surface area contributed by atoms with Crippen LogP contribution in [0.5, 0.6) is 0 Å². The predicted octanol–water partition coefficient (Wildman–Crippen LogP) is 4.10. The fraction of sp³-hybridized carbons (Fsp3) is 0.304. The Labute approximate surface area is 206 Å². The Bertz CT molecular complexity index is 983. The van der Waals surface area contributed by atoms with Gasteiger partial charge in [-0.15, -0.1) is 24.0 Å². The Morgan fingerprint density at radius 2 is 1.84 bits per heavy atom. The number of rotatable bonds is 5. The third-order valence-electron chi connectivity index (χ3n) is 5.35. The molecule has 8 heteroatoms. The first-order chi connectivity index (χ1) is 14.7. The first kappa shape index (κ1) is 23.4. The van der Waals surface area contributed by atoms with Gasteiger partial charge in [-0.2, -0.15) is 0 Å². The van der Waals surface area contributed by atoms with Crippen LogP contribution in [-0.2, 0) is 13.1 Å². The van der Waals surface area contributed by atoms with Crippen molar-refractivity contribution in [3.63, 3.8) is 0 Å². The number of nitrogens with one attached hydrogen (secondary N) is 1. The van der Waals surface area contributed by atoms with E-state index in [1.54, 1.807) is 6.20 Å². The Morgan fingerprint density at radius 1 is 1.06 bits per heavy atom. The molecule has 0 unspecified atom stereocenters. The smallest absolute Gasteiger partial charge is 0.194 e. The van der Waals surface area contributed by atoms with Gasteiger partial charge in [0.15, 0.2) is 5.96 Å². The van der Waals surface area contributed by atoms with Crippen LogP contribution in [0.15, 0.2) is 72.2 Å². The number of halogens is 2. The second-order valence-corrected chi connectivity index (χ2v) is 7.79. The molecule has 1 aliphatic rings. The highest BCUT2D eigenvalue weighted by atomic mass is 127. The minimum absolute atomic E-state index is 0. The monoisotopic (exact) mass is 550 g/mol. The Morgan fingerprint density at radius 3 is 2.55 bits per heavy atom. The van der Waals surface area contributed by atoms with Crippen LogP contribution in [0.3, 0.4) is 0 Å². The summed E-state index contributed by atoms with van der Waals surface area (Å²) in [5.74, 6) is 0.939. The van der Waals surface area contributed by atoms with E-state index in [1.165, 1.54) is 11.1 Å². The second-order valence-electron chi connectivity index (χ2n) is 7.38. The molecule has 31 heavy (non-hydrogen) atoms. The van der Waals surface area contributed by atoms with Crippen LogP contribution in [0.2, 0.25) is 5.02 Å². The zero-order valence-electron chi connectivity index (χ0n) is 17.6. The Kier molecular flexibility index (Phi) is 8.60. The summed E-state index contributed by atoms with van der Waals surface area (Å²) in [6.45, 7) is 5.23. The molecule has 2 heterocycles. The fourth-order valence-corrected chi connectivity index (χ4v) is 4.07. The van der Waals surface area contributed by atoms with Crippen molar-refractivity contribution in [2.45, 2.75) is 13.1 Å². The van der Waals surface area contributed by atoms with E-state index in [-0.39, 0.29) is 24.0 Å². The average molecular weight is 551 g/mol. The van der Waals surface area contributed by atoms with E-state index in [4.69, 9.17) is 11.6 Å². The van der Waals surface area contributed by atoms with Crippen LogP contribution < -0.4 is 10.2 Å². The number of benzene rings is 2. The summed E-state index contributed by atoms with van der Waals surface area (Å²) < 4.78 is 2.07. The third kappa shape index (κ3) is 6.13. The van der Waals surface area contributed by atoms with Gasteiger partial charge in [-0.05, 0) is 23.3 Å². The van der Waals surface area contributed by atoms with Gasteiger partial charge in [-0.1, -0.05) is 48.0 Å². The first-order valence-corrected chi connectivity index (χ1v) is 10.6. The van der Waals surface area contributed by atoms with Crippen molar-refractivity contribution in [2.24, 2.45) is 4.99 Å². The molecule has 0 spiro atoms. The minimum Gasteiger partial charge on any atom is -0.367 e. The fourth-order valence-electron chi connectivity index (χ4n) is 3.81. The quantitative estimate of drug-likeness (QED) is 0.295. The minimum atomic E-state index is 0. The van der Waals surface area contributed by atoms with Gasteiger partial charge in [-0.3, -0.25) is 4.99 Å². The zero-order valence-corrected chi connectivity index (χ0v) is 20.7. The van der Waals surface area contributed by atoms with Gasteiger partial charge in [0.2, 0.25) is 0 Å². The maximum atomic E-state index is 6.36. The van der Waals surface area contributed by atoms with Crippen LogP contribution in [-0.4, -0.2) is 53.6 Å². The number of anilines is 1. The van der Waals surface area contributed by atoms with Gasteiger partial charge < -0.3 is 19.7 Å². The van der Waals surface area contributed by atoms with Crippen molar-refractivity contribution in [2.75, 3.05) is 38.1 Å². The van der Waals surface area contributed by atoms with Gasteiger partial charge in [0.25, 0.3) is 0 Å². The zero-order chi connectivity index (χ0) is 20.8. The van der Waals surface area contributed by atoms with Crippen molar-refractivity contribution in [1.82, 2.24) is 19.8 Å². The van der Waals surface area contributed by atoms with Crippen molar-refractivity contribution in [3.8, 4) is 0 Å². The first-order valence-electron chi connectivity index (χ1n) is 10.2. The normalized spacial score (nSPS) is 14.3. The molecule has 0 atom stereocenters. The molecule has 0 saturated carbocycles. The lowest BCUT2D eigenvalue weighted by Gasteiger charge is -2.38. The highest BCUT2D eigenvalue weighted by Crippen LogP contribution is 2.26. The van der Waals surface area contributed by atoms with E-state index < -0.39 is 0 Å². The molecule has 1 saturated heterocycles. The van der Waals surface area contributed by atoms with Gasteiger partial charge in [0.1, 0.15) is 0 Å². The number of para-hydroxylation sites is 1. The van der Waals surface area contributed by atoms with Crippen LogP contribution in [0.25, 0.3) is 0 Å². The Balaban J connectivity index is 0.00000272. The van der Waals surface area contributed by atoms with E-state index in [2.05, 4.69) is 60.0 Å². The van der Waals surface area contributed by atoms with Crippen LogP contribution in [0.4, 0.5) is 5.69 Å². The molecule has 0 amide bonds. The third-order valence-corrected chi connectivity index (χ3v) is 5.67. The highest BCUT2D eigenvalue weighted by molar-refractivity contribution is 14.0. The molecule has 3 aromatic rings. The maximum absolute atomic E-state index is 6.36. The van der Waals surface area contributed by atoms with E-state index in [0.717, 1.165) is 55.9 Å². The van der Waals surface area contributed by atoms with Gasteiger partial charge in [0, 0.05) is 58.7 Å². The largest absolute Gasteiger partial charge is 0.367 e.